The molecule has 0 saturated carbocycles. The van der Waals surface area contributed by atoms with Crippen molar-refractivity contribution in [2.24, 2.45) is 0 Å². The summed E-state index contributed by atoms with van der Waals surface area (Å²) < 4.78 is 22.8. The Balaban J connectivity index is 4.04. The van der Waals surface area contributed by atoms with Crippen molar-refractivity contribution in [1.29, 1.82) is 0 Å². The summed E-state index contributed by atoms with van der Waals surface area (Å²) in [7, 11) is -2.46. The number of hydrogen-bond donors (Lipinski definition) is 0. The molecule has 0 bridgehead atoms. The van der Waals surface area contributed by atoms with Crippen LogP contribution in [0.1, 0.15) is 34.1 Å². The molecule has 5 heteroatoms. The molecule has 0 aliphatic carbocycles. The number of allylic oxidation sites excluding steroid dienone is 1. The zero-order chi connectivity index (χ0) is 13.7. The summed E-state index contributed by atoms with van der Waals surface area (Å²) in [5, 5.41) is 0. The molecule has 0 aliphatic heterocycles. The van der Waals surface area contributed by atoms with E-state index in [9.17, 15) is 0 Å². The molecule has 0 aromatic heterocycles. The standard InChI is InChI=1S/C13H28O4Si/c1-5-9-11-14-12-10-13-18(15-6-2,16-7-3)17-8-4/h5,9H,6-8,10-13H2,1-4H3. The molecular formula is C13H28O4Si. The molecule has 0 amide bonds. The van der Waals surface area contributed by atoms with E-state index < -0.39 is 8.80 Å². The molecular weight excluding hydrogens is 248 g/mol. The van der Waals surface area contributed by atoms with Crippen molar-refractivity contribution >= 4 is 8.80 Å². The zero-order valence-electron chi connectivity index (χ0n) is 12.2. The van der Waals surface area contributed by atoms with Crippen molar-refractivity contribution in [3.05, 3.63) is 12.2 Å². The minimum Gasteiger partial charge on any atom is -0.377 e. The average Bonchev–Trinajstić information content (AvgIpc) is 2.35. The zero-order valence-corrected chi connectivity index (χ0v) is 13.2. The van der Waals surface area contributed by atoms with Gasteiger partial charge in [0.1, 0.15) is 0 Å². The lowest BCUT2D eigenvalue weighted by atomic mass is 10.5. The third-order valence-electron chi connectivity index (χ3n) is 2.31. The highest BCUT2D eigenvalue weighted by Crippen LogP contribution is 2.18. The van der Waals surface area contributed by atoms with Crippen molar-refractivity contribution in [3.63, 3.8) is 0 Å². The first kappa shape index (κ1) is 17.8. The molecule has 18 heavy (non-hydrogen) atoms. The SMILES string of the molecule is CC=CCOCCC[Si](OCC)(OCC)OCC. The van der Waals surface area contributed by atoms with Crippen molar-refractivity contribution in [3.8, 4) is 0 Å². The smallest absolute Gasteiger partial charge is 0.377 e. The normalized spacial score (nSPS) is 12.4. The Labute approximate surface area is 113 Å². The van der Waals surface area contributed by atoms with E-state index in [1.165, 1.54) is 0 Å². The Bertz CT molecular complexity index is 192. The van der Waals surface area contributed by atoms with Crippen molar-refractivity contribution in [2.45, 2.75) is 40.2 Å². The molecule has 0 rings (SSSR count). The van der Waals surface area contributed by atoms with Gasteiger partial charge >= 0.3 is 8.80 Å². The van der Waals surface area contributed by atoms with Gasteiger partial charge in [0, 0.05) is 32.5 Å². The van der Waals surface area contributed by atoms with Crippen LogP contribution in [0.15, 0.2) is 12.2 Å². The lowest BCUT2D eigenvalue weighted by Gasteiger charge is -2.28. The van der Waals surface area contributed by atoms with Gasteiger partial charge in [-0.3, -0.25) is 0 Å². The van der Waals surface area contributed by atoms with Gasteiger partial charge in [0.2, 0.25) is 0 Å². The predicted molar refractivity (Wildman–Crippen MR) is 75.7 cm³/mol. The Morgan fingerprint density at radius 1 is 0.944 bits per heavy atom. The second-order valence-corrected chi connectivity index (χ2v) is 6.46. The van der Waals surface area contributed by atoms with Crippen molar-refractivity contribution in [2.75, 3.05) is 33.0 Å². The van der Waals surface area contributed by atoms with Gasteiger partial charge in [-0.1, -0.05) is 12.2 Å². The molecule has 0 atom stereocenters. The van der Waals surface area contributed by atoms with Gasteiger partial charge in [0.15, 0.2) is 0 Å². The van der Waals surface area contributed by atoms with E-state index in [4.69, 9.17) is 18.0 Å². The van der Waals surface area contributed by atoms with Crippen LogP contribution in [0.2, 0.25) is 6.04 Å². The maximum Gasteiger partial charge on any atom is 0.501 e. The van der Waals surface area contributed by atoms with Crippen LogP contribution in [0, 0.1) is 0 Å². The molecule has 0 radical (unpaired) electrons. The summed E-state index contributed by atoms with van der Waals surface area (Å²) in [5.41, 5.74) is 0. The number of rotatable bonds is 12. The fraction of sp³-hybridized carbons (Fsp3) is 0.846. The maximum atomic E-state index is 5.76. The Kier molecular flexibility index (Phi) is 11.7. The highest BCUT2D eigenvalue weighted by Gasteiger charge is 2.39. The van der Waals surface area contributed by atoms with Gasteiger partial charge in [0.25, 0.3) is 0 Å². The topological polar surface area (TPSA) is 36.9 Å². The first-order chi connectivity index (χ1) is 8.74. The average molecular weight is 276 g/mol. The molecule has 0 fully saturated rings. The third kappa shape index (κ3) is 8.00. The monoisotopic (exact) mass is 276 g/mol. The first-order valence-corrected chi connectivity index (χ1v) is 8.78. The lowest BCUT2D eigenvalue weighted by Crippen LogP contribution is -2.46. The highest BCUT2D eigenvalue weighted by atomic mass is 28.4. The van der Waals surface area contributed by atoms with Crippen LogP contribution < -0.4 is 0 Å². The Morgan fingerprint density at radius 2 is 1.50 bits per heavy atom. The predicted octanol–water partition coefficient (Wildman–Crippen LogP) is 3.02. The van der Waals surface area contributed by atoms with Crippen LogP contribution in [-0.2, 0) is 18.0 Å². The Morgan fingerprint density at radius 3 is 1.94 bits per heavy atom. The van der Waals surface area contributed by atoms with E-state index >= 15 is 0 Å². The van der Waals surface area contributed by atoms with E-state index in [-0.39, 0.29) is 0 Å². The lowest BCUT2D eigenvalue weighted by molar-refractivity contribution is 0.0672. The van der Waals surface area contributed by atoms with Gasteiger partial charge in [-0.2, -0.15) is 0 Å². The second-order valence-electron chi connectivity index (χ2n) is 3.73. The van der Waals surface area contributed by atoms with Crippen molar-refractivity contribution < 1.29 is 18.0 Å². The summed E-state index contributed by atoms with van der Waals surface area (Å²) in [6, 6.07) is 0.818. The number of hydrogen-bond acceptors (Lipinski definition) is 4. The summed E-state index contributed by atoms with van der Waals surface area (Å²) in [6.45, 7) is 11.2. The largest absolute Gasteiger partial charge is 0.501 e. The molecule has 0 spiro atoms. The molecule has 0 heterocycles. The van der Waals surface area contributed by atoms with Gasteiger partial charge in [-0.25, -0.2) is 0 Å². The van der Waals surface area contributed by atoms with Crippen LogP contribution in [-0.4, -0.2) is 41.8 Å². The van der Waals surface area contributed by atoms with Gasteiger partial charge < -0.3 is 18.0 Å². The summed E-state index contributed by atoms with van der Waals surface area (Å²) in [5.74, 6) is 0. The first-order valence-electron chi connectivity index (χ1n) is 6.85. The van der Waals surface area contributed by atoms with Crippen LogP contribution in [0.25, 0.3) is 0 Å². The molecule has 0 unspecified atom stereocenters. The summed E-state index contributed by atoms with van der Waals surface area (Å²) >= 11 is 0. The molecule has 108 valence electrons. The second kappa shape index (κ2) is 11.9. The fourth-order valence-corrected chi connectivity index (χ4v) is 4.22. The van der Waals surface area contributed by atoms with Crippen molar-refractivity contribution in [1.82, 2.24) is 0 Å². The van der Waals surface area contributed by atoms with Crippen LogP contribution in [0.5, 0.6) is 0 Å². The maximum absolute atomic E-state index is 5.76. The van der Waals surface area contributed by atoms with Gasteiger partial charge in [0.05, 0.1) is 6.61 Å². The summed E-state index contributed by atoms with van der Waals surface area (Å²) in [6.07, 6.45) is 4.89. The van der Waals surface area contributed by atoms with Gasteiger partial charge in [-0.15, -0.1) is 0 Å². The quantitative estimate of drug-likeness (QED) is 0.312. The molecule has 0 saturated heterocycles. The Hall–Kier alpha value is -0.203. The van der Waals surface area contributed by atoms with Crippen LogP contribution in [0.4, 0.5) is 0 Å². The highest BCUT2D eigenvalue weighted by molar-refractivity contribution is 6.60. The minimum atomic E-state index is -2.46. The van der Waals surface area contributed by atoms with E-state index in [1.54, 1.807) is 0 Å². The van der Waals surface area contributed by atoms with E-state index in [0.717, 1.165) is 12.5 Å². The fourth-order valence-electron chi connectivity index (χ4n) is 1.64. The molecule has 0 aliphatic rings. The molecule has 4 nitrogen and oxygen atoms in total. The van der Waals surface area contributed by atoms with E-state index in [1.807, 2.05) is 39.8 Å². The molecule has 0 aromatic rings. The third-order valence-corrected chi connectivity index (χ3v) is 5.47. The van der Waals surface area contributed by atoms with E-state index in [2.05, 4.69) is 0 Å². The molecule has 0 aromatic carbocycles. The van der Waals surface area contributed by atoms with E-state index in [0.29, 0.717) is 33.0 Å². The molecule has 0 N–H and O–H groups in total. The minimum absolute atomic E-state index is 0.631. The summed E-state index contributed by atoms with van der Waals surface area (Å²) in [4.78, 5) is 0. The van der Waals surface area contributed by atoms with Crippen LogP contribution in [0.3, 0.4) is 0 Å². The number of ether oxygens (including phenoxy) is 1. The van der Waals surface area contributed by atoms with Crippen LogP contribution >= 0.6 is 0 Å². The van der Waals surface area contributed by atoms with Gasteiger partial charge in [-0.05, 0) is 34.1 Å².